The normalized spacial score (nSPS) is 13.8. The highest BCUT2D eigenvalue weighted by Gasteiger charge is 2.23. The van der Waals surface area contributed by atoms with Gasteiger partial charge in [-0.1, -0.05) is 19.9 Å². The third-order valence-electron chi connectivity index (χ3n) is 5.71. The molecule has 0 fully saturated rings. The Morgan fingerprint density at radius 2 is 2.12 bits per heavy atom. The van der Waals surface area contributed by atoms with Crippen LogP contribution in [0.3, 0.4) is 0 Å². The first kappa shape index (κ1) is 20.5. The van der Waals surface area contributed by atoms with Gasteiger partial charge in [-0.25, -0.2) is 9.97 Å². The molecule has 0 aliphatic carbocycles. The van der Waals surface area contributed by atoms with E-state index in [-0.39, 0.29) is 24.5 Å². The molecule has 3 aromatic heterocycles. The quantitative estimate of drug-likeness (QED) is 0.431. The number of aryl methyl sites for hydroxylation is 1. The molecule has 10 heteroatoms. The van der Waals surface area contributed by atoms with Gasteiger partial charge >= 0.3 is 0 Å². The number of nitrogens with zero attached hydrogens (tertiary/aromatic N) is 5. The molecule has 5 rings (SSSR count). The number of aromatic nitrogens is 5. The first-order valence-corrected chi connectivity index (χ1v) is 10.5. The Balaban J connectivity index is 1.52. The van der Waals surface area contributed by atoms with Crippen LogP contribution < -0.4 is 15.4 Å². The molecule has 0 spiro atoms. The molecule has 3 N–H and O–H groups in total. The molecule has 0 bridgehead atoms. The summed E-state index contributed by atoms with van der Waals surface area (Å²) in [5, 5.41) is 20.9. The van der Waals surface area contributed by atoms with E-state index in [4.69, 9.17) is 4.74 Å². The third kappa shape index (κ3) is 3.63. The molecule has 0 unspecified atom stereocenters. The van der Waals surface area contributed by atoms with Gasteiger partial charge in [-0.15, -0.1) is 0 Å². The van der Waals surface area contributed by atoms with Gasteiger partial charge in [0.15, 0.2) is 6.61 Å². The summed E-state index contributed by atoms with van der Waals surface area (Å²) in [5.74, 6) is 1.38. The van der Waals surface area contributed by atoms with E-state index in [1.54, 1.807) is 17.9 Å². The number of amides is 1. The predicted molar refractivity (Wildman–Crippen MR) is 123 cm³/mol. The molecule has 1 aromatic carbocycles. The second-order valence-electron chi connectivity index (χ2n) is 8.27. The minimum atomic E-state index is -0.168. The lowest BCUT2D eigenvalue weighted by Crippen LogP contribution is -2.26. The molecular weight excluding hydrogens is 420 g/mol. The number of aromatic amines is 1. The number of anilines is 2. The zero-order chi connectivity index (χ0) is 23.1. The van der Waals surface area contributed by atoms with Crippen molar-refractivity contribution >= 4 is 28.4 Å². The molecule has 166 valence electrons. The lowest BCUT2D eigenvalue weighted by molar-refractivity contribution is -0.118. The standard InChI is InChI=1S/C23H22N8O2/c1-12(2)21(13-4-5-19-17(6-13)28-20(32)10-33-19)30-23-14-7-16(29-22(14)25-11-26-23)15-9-27-31(3)18(15)8-24/h4-7,9,11-12,21H,10H2,1-3H3,(H,28,32)(H2,25,26,29,30)/t21-/m1/s1. The molecule has 4 aromatic rings. The number of rotatable bonds is 5. The summed E-state index contributed by atoms with van der Waals surface area (Å²) < 4.78 is 7.03. The number of benzene rings is 1. The Labute approximate surface area is 189 Å². The molecule has 1 amide bonds. The van der Waals surface area contributed by atoms with Crippen molar-refractivity contribution in [3.05, 3.63) is 48.0 Å². The van der Waals surface area contributed by atoms with Crippen LogP contribution in [0, 0.1) is 17.2 Å². The number of H-pyrrole nitrogens is 1. The molecular formula is C23H22N8O2. The zero-order valence-corrected chi connectivity index (χ0v) is 18.4. The van der Waals surface area contributed by atoms with Gasteiger partial charge in [0.1, 0.15) is 35.3 Å². The first-order valence-electron chi connectivity index (χ1n) is 10.5. The molecule has 1 aliphatic rings. The Bertz CT molecular complexity index is 1410. The summed E-state index contributed by atoms with van der Waals surface area (Å²) in [6, 6.07) is 9.82. The summed E-state index contributed by atoms with van der Waals surface area (Å²) in [6.07, 6.45) is 3.15. The second kappa shape index (κ2) is 7.94. The molecule has 33 heavy (non-hydrogen) atoms. The summed E-state index contributed by atoms with van der Waals surface area (Å²) in [6.45, 7) is 4.25. The number of carbonyl (C=O) groups excluding carboxylic acids is 1. The van der Waals surface area contributed by atoms with Crippen molar-refractivity contribution in [3.63, 3.8) is 0 Å². The maximum absolute atomic E-state index is 11.7. The minimum absolute atomic E-state index is 0.0252. The smallest absolute Gasteiger partial charge is 0.262 e. The van der Waals surface area contributed by atoms with Crippen LogP contribution in [0.5, 0.6) is 5.75 Å². The molecule has 4 heterocycles. The summed E-state index contributed by atoms with van der Waals surface area (Å²) in [4.78, 5) is 23.9. The second-order valence-corrected chi connectivity index (χ2v) is 8.27. The van der Waals surface area contributed by atoms with Crippen molar-refractivity contribution < 1.29 is 9.53 Å². The van der Waals surface area contributed by atoms with Crippen molar-refractivity contribution in [1.29, 1.82) is 5.26 Å². The van der Waals surface area contributed by atoms with Crippen LogP contribution in [0.15, 0.2) is 36.8 Å². The predicted octanol–water partition coefficient (Wildman–Crippen LogP) is 3.37. The van der Waals surface area contributed by atoms with Gasteiger partial charge in [0.2, 0.25) is 0 Å². The number of carbonyl (C=O) groups is 1. The number of nitrogens with one attached hydrogen (secondary N) is 3. The average molecular weight is 442 g/mol. The van der Waals surface area contributed by atoms with E-state index < -0.39 is 0 Å². The zero-order valence-electron chi connectivity index (χ0n) is 18.4. The number of hydrogen-bond donors (Lipinski definition) is 3. The third-order valence-corrected chi connectivity index (χ3v) is 5.71. The van der Waals surface area contributed by atoms with Gasteiger partial charge in [0, 0.05) is 7.05 Å². The van der Waals surface area contributed by atoms with Gasteiger partial charge in [-0.05, 0) is 29.7 Å². The van der Waals surface area contributed by atoms with E-state index in [1.807, 2.05) is 24.3 Å². The largest absolute Gasteiger partial charge is 0.482 e. The van der Waals surface area contributed by atoms with Crippen LogP contribution in [-0.2, 0) is 11.8 Å². The fourth-order valence-corrected chi connectivity index (χ4v) is 4.04. The maximum atomic E-state index is 11.7. The number of ether oxygens (including phenoxy) is 1. The van der Waals surface area contributed by atoms with Crippen LogP contribution in [-0.4, -0.2) is 37.2 Å². The van der Waals surface area contributed by atoms with Crippen LogP contribution in [0.1, 0.15) is 31.1 Å². The van der Waals surface area contributed by atoms with E-state index in [0.29, 0.717) is 34.2 Å². The monoisotopic (exact) mass is 442 g/mol. The van der Waals surface area contributed by atoms with Gasteiger partial charge in [-0.3, -0.25) is 9.48 Å². The highest BCUT2D eigenvalue weighted by atomic mass is 16.5. The lowest BCUT2D eigenvalue weighted by Gasteiger charge is -2.26. The molecule has 0 saturated carbocycles. The van der Waals surface area contributed by atoms with Gasteiger partial charge < -0.3 is 20.4 Å². The molecule has 10 nitrogen and oxygen atoms in total. The molecule has 0 saturated heterocycles. The summed E-state index contributed by atoms with van der Waals surface area (Å²) in [5.41, 5.74) is 4.22. The van der Waals surface area contributed by atoms with Crippen molar-refractivity contribution in [2.75, 3.05) is 17.2 Å². The summed E-state index contributed by atoms with van der Waals surface area (Å²) >= 11 is 0. The van der Waals surface area contributed by atoms with Crippen LogP contribution in [0.25, 0.3) is 22.3 Å². The molecule has 0 radical (unpaired) electrons. The van der Waals surface area contributed by atoms with Crippen molar-refractivity contribution in [2.24, 2.45) is 13.0 Å². The Kier molecular flexibility index (Phi) is 4.94. The average Bonchev–Trinajstić information content (AvgIpc) is 3.40. The Morgan fingerprint density at radius 1 is 1.27 bits per heavy atom. The maximum Gasteiger partial charge on any atom is 0.262 e. The van der Waals surface area contributed by atoms with E-state index >= 15 is 0 Å². The Hall–Kier alpha value is -4.39. The number of hydrogen-bond acceptors (Lipinski definition) is 7. The van der Waals surface area contributed by atoms with E-state index in [0.717, 1.165) is 16.6 Å². The van der Waals surface area contributed by atoms with Gasteiger partial charge in [0.25, 0.3) is 5.91 Å². The highest BCUT2D eigenvalue weighted by Crippen LogP contribution is 2.36. The number of fused-ring (bicyclic) bond motifs is 2. The van der Waals surface area contributed by atoms with Crippen LogP contribution >= 0.6 is 0 Å². The van der Waals surface area contributed by atoms with Crippen LogP contribution in [0.4, 0.5) is 11.5 Å². The van der Waals surface area contributed by atoms with Crippen molar-refractivity contribution in [3.8, 4) is 23.1 Å². The number of nitriles is 1. The molecule has 1 aliphatic heterocycles. The SMILES string of the molecule is CC(C)[C@@H](Nc1ncnc2[nH]c(-c3cnn(C)c3C#N)cc12)c1ccc2c(c1)NC(=O)CO2. The van der Waals surface area contributed by atoms with E-state index in [1.165, 1.54) is 6.33 Å². The van der Waals surface area contributed by atoms with Gasteiger partial charge in [-0.2, -0.15) is 10.4 Å². The first-order chi connectivity index (χ1) is 15.9. The van der Waals surface area contributed by atoms with Crippen molar-refractivity contribution in [1.82, 2.24) is 24.7 Å². The molecule has 1 atom stereocenters. The topological polar surface area (TPSA) is 134 Å². The van der Waals surface area contributed by atoms with E-state index in [9.17, 15) is 10.1 Å². The van der Waals surface area contributed by atoms with E-state index in [2.05, 4.69) is 50.6 Å². The minimum Gasteiger partial charge on any atom is -0.482 e. The van der Waals surface area contributed by atoms with Gasteiger partial charge in [0.05, 0.1) is 34.6 Å². The summed E-state index contributed by atoms with van der Waals surface area (Å²) in [7, 11) is 1.73. The lowest BCUT2D eigenvalue weighted by atomic mass is 9.95. The highest BCUT2D eigenvalue weighted by molar-refractivity contribution is 5.95. The fourth-order valence-electron chi connectivity index (χ4n) is 4.04. The van der Waals surface area contributed by atoms with Crippen LogP contribution in [0.2, 0.25) is 0 Å². The Morgan fingerprint density at radius 3 is 2.91 bits per heavy atom. The van der Waals surface area contributed by atoms with Crippen molar-refractivity contribution in [2.45, 2.75) is 19.9 Å². The fraction of sp³-hybridized carbons (Fsp3) is 0.261.